The number of aliphatic hydroxyl groups is 1. The van der Waals surface area contributed by atoms with Gasteiger partial charge in [-0.05, 0) is 45.2 Å². The van der Waals surface area contributed by atoms with Crippen molar-refractivity contribution in [2.75, 3.05) is 0 Å². The summed E-state index contributed by atoms with van der Waals surface area (Å²) in [5, 5.41) is 15.3. The van der Waals surface area contributed by atoms with Crippen LogP contribution in [0.4, 0.5) is 4.39 Å². The molecule has 1 N–H and O–H groups in total. The van der Waals surface area contributed by atoms with Gasteiger partial charge in [0, 0.05) is 11.8 Å². The summed E-state index contributed by atoms with van der Waals surface area (Å²) >= 11 is 4.30. The number of rotatable bonds is 3. The van der Waals surface area contributed by atoms with Gasteiger partial charge in [-0.3, -0.25) is 0 Å². The van der Waals surface area contributed by atoms with E-state index in [1.54, 1.807) is 17.5 Å². The fourth-order valence-corrected chi connectivity index (χ4v) is 2.24. The highest BCUT2D eigenvalue weighted by molar-refractivity contribution is 9.10. The van der Waals surface area contributed by atoms with E-state index in [9.17, 15) is 9.50 Å². The van der Waals surface area contributed by atoms with Crippen LogP contribution in [0.25, 0.3) is 0 Å². The minimum Gasteiger partial charge on any atom is -0.386 e. The van der Waals surface area contributed by atoms with Gasteiger partial charge in [0.25, 0.3) is 0 Å². The van der Waals surface area contributed by atoms with E-state index >= 15 is 0 Å². The molecule has 3 nitrogen and oxygen atoms in total. The summed E-state index contributed by atoms with van der Waals surface area (Å²) in [6.45, 7) is 0. The lowest BCUT2D eigenvalue weighted by Gasteiger charge is -2.07. The van der Waals surface area contributed by atoms with Crippen LogP contribution in [-0.4, -0.2) is 14.7 Å². The zero-order valence-corrected chi connectivity index (χ0v) is 10.5. The number of hydrogen-bond acceptors (Lipinski definition) is 4. The van der Waals surface area contributed by atoms with Gasteiger partial charge in [-0.1, -0.05) is 10.6 Å². The average molecular weight is 303 g/mol. The molecule has 1 aromatic heterocycles. The van der Waals surface area contributed by atoms with Crippen molar-refractivity contribution in [1.29, 1.82) is 0 Å². The number of hydrogen-bond donors (Lipinski definition) is 1. The normalized spacial score (nSPS) is 12.7. The molecule has 0 amide bonds. The first-order chi connectivity index (χ1) is 7.66. The van der Waals surface area contributed by atoms with Crippen molar-refractivity contribution in [2.45, 2.75) is 12.5 Å². The van der Waals surface area contributed by atoms with E-state index in [0.29, 0.717) is 16.6 Å². The Balaban J connectivity index is 2.12. The molecule has 2 rings (SSSR count). The van der Waals surface area contributed by atoms with Crippen LogP contribution >= 0.6 is 27.5 Å². The Morgan fingerprint density at radius 2 is 2.31 bits per heavy atom. The zero-order chi connectivity index (χ0) is 11.5. The van der Waals surface area contributed by atoms with Crippen LogP contribution < -0.4 is 0 Å². The lowest BCUT2D eigenvalue weighted by molar-refractivity contribution is 0.173. The van der Waals surface area contributed by atoms with Crippen molar-refractivity contribution in [1.82, 2.24) is 9.59 Å². The van der Waals surface area contributed by atoms with Crippen molar-refractivity contribution in [3.63, 3.8) is 0 Å². The first kappa shape index (κ1) is 11.6. The number of benzene rings is 1. The summed E-state index contributed by atoms with van der Waals surface area (Å²) in [5.74, 6) is -0.312. The van der Waals surface area contributed by atoms with Crippen LogP contribution in [0.2, 0.25) is 0 Å². The molecule has 1 atom stereocenters. The minimum absolute atomic E-state index is 0.312. The molecule has 0 bridgehead atoms. The predicted molar refractivity (Wildman–Crippen MR) is 62.7 cm³/mol. The van der Waals surface area contributed by atoms with Gasteiger partial charge in [-0.2, -0.15) is 0 Å². The number of nitrogens with zero attached hydrogens (tertiary/aromatic N) is 2. The summed E-state index contributed by atoms with van der Waals surface area (Å²) in [5.41, 5.74) is 1.39. The first-order valence-corrected chi connectivity index (χ1v) is 6.18. The van der Waals surface area contributed by atoms with E-state index in [1.165, 1.54) is 17.6 Å². The summed E-state index contributed by atoms with van der Waals surface area (Å²) in [4.78, 5) is 0. The fourth-order valence-electron chi connectivity index (χ4n) is 1.31. The molecule has 84 valence electrons. The van der Waals surface area contributed by atoms with E-state index in [2.05, 4.69) is 25.5 Å². The molecule has 0 radical (unpaired) electrons. The van der Waals surface area contributed by atoms with Crippen LogP contribution in [0.5, 0.6) is 0 Å². The Morgan fingerprint density at radius 1 is 1.50 bits per heavy atom. The van der Waals surface area contributed by atoms with Crippen LogP contribution in [0.15, 0.2) is 28.1 Å². The molecule has 2 aromatic rings. The molecular weight excluding hydrogens is 295 g/mol. The van der Waals surface area contributed by atoms with Gasteiger partial charge in [0.05, 0.1) is 4.47 Å². The monoisotopic (exact) mass is 302 g/mol. The van der Waals surface area contributed by atoms with E-state index in [4.69, 9.17) is 0 Å². The van der Waals surface area contributed by atoms with Gasteiger partial charge in [0.1, 0.15) is 17.6 Å². The van der Waals surface area contributed by atoms with Crippen LogP contribution in [0, 0.1) is 5.82 Å². The molecule has 0 spiro atoms. The highest BCUT2D eigenvalue weighted by Crippen LogP contribution is 2.21. The van der Waals surface area contributed by atoms with Crippen molar-refractivity contribution >= 4 is 27.5 Å². The third kappa shape index (κ3) is 2.63. The number of halogens is 2. The maximum Gasteiger partial charge on any atom is 0.137 e. The topological polar surface area (TPSA) is 46.0 Å². The predicted octanol–water partition coefficient (Wildman–Crippen LogP) is 2.72. The van der Waals surface area contributed by atoms with Crippen LogP contribution in [-0.2, 0) is 6.42 Å². The molecule has 0 saturated carbocycles. The van der Waals surface area contributed by atoms with Gasteiger partial charge in [-0.15, -0.1) is 5.10 Å². The van der Waals surface area contributed by atoms with Gasteiger partial charge >= 0.3 is 0 Å². The number of aliphatic hydroxyl groups excluding tert-OH is 1. The Morgan fingerprint density at radius 3 is 2.94 bits per heavy atom. The molecule has 1 unspecified atom stereocenters. The summed E-state index contributed by atoms with van der Waals surface area (Å²) in [6, 6.07) is 4.66. The third-order valence-electron chi connectivity index (χ3n) is 2.13. The second kappa shape index (κ2) is 4.99. The van der Waals surface area contributed by atoms with E-state index in [0.717, 1.165) is 5.56 Å². The Kier molecular flexibility index (Phi) is 3.63. The van der Waals surface area contributed by atoms with Crippen molar-refractivity contribution in [2.24, 2.45) is 0 Å². The highest BCUT2D eigenvalue weighted by Gasteiger charge is 2.12. The summed E-state index contributed by atoms with van der Waals surface area (Å²) < 4.78 is 17.1. The second-order valence-electron chi connectivity index (χ2n) is 3.30. The molecule has 0 fully saturated rings. The lowest BCUT2D eigenvalue weighted by Crippen LogP contribution is -2.02. The lowest BCUT2D eigenvalue weighted by atomic mass is 10.1. The minimum atomic E-state index is -0.698. The SMILES string of the molecule is OC(Cc1ccc(F)c(Br)c1)c1csnn1. The van der Waals surface area contributed by atoms with Crippen molar-refractivity contribution < 1.29 is 9.50 Å². The van der Waals surface area contributed by atoms with Gasteiger partial charge < -0.3 is 5.11 Å². The van der Waals surface area contributed by atoms with Crippen molar-refractivity contribution in [3.05, 3.63) is 45.1 Å². The molecule has 1 aromatic carbocycles. The fraction of sp³-hybridized carbons (Fsp3) is 0.200. The van der Waals surface area contributed by atoms with Crippen LogP contribution in [0.1, 0.15) is 17.4 Å². The Hall–Kier alpha value is -0.850. The average Bonchev–Trinajstić information content (AvgIpc) is 2.77. The maximum atomic E-state index is 13.0. The van der Waals surface area contributed by atoms with Gasteiger partial charge in [-0.25, -0.2) is 4.39 Å². The smallest absolute Gasteiger partial charge is 0.137 e. The molecule has 0 aliphatic rings. The second-order valence-corrected chi connectivity index (χ2v) is 4.76. The first-order valence-electron chi connectivity index (χ1n) is 4.56. The quantitative estimate of drug-likeness (QED) is 0.948. The molecule has 0 aliphatic carbocycles. The van der Waals surface area contributed by atoms with E-state index < -0.39 is 6.10 Å². The van der Waals surface area contributed by atoms with Crippen LogP contribution in [0.3, 0.4) is 0 Å². The highest BCUT2D eigenvalue weighted by atomic mass is 79.9. The standard InChI is InChI=1S/C10H8BrFN2OS/c11-7-3-6(1-2-8(7)12)4-10(15)9-5-16-14-13-9/h1-3,5,10,15H,4H2. The maximum absolute atomic E-state index is 13.0. The molecule has 0 saturated heterocycles. The van der Waals surface area contributed by atoms with E-state index in [-0.39, 0.29) is 5.82 Å². The largest absolute Gasteiger partial charge is 0.386 e. The van der Waals surface area contributed by atoms with Crippen molar-refractivity contribution in [3.8, 4) is 0 Å². The number of aromatic nitrogens is 2. The third-order valence-corrected chi connectivity index (χ3v) is 3.26. The summed E-state index contributed by atoms with van der Waals surface area (Å²) in [7, 11) is 0. The molecular formula is C10H8BrFN2OS. The van der Waals surface area contributed by atoms with Gasteiger partial charge in [0.2, 0.25) is 0 Å². The Labute approximate surface area is 104 Å². The van der Waals surface area contributed by atoms with Gasteiger partial charge in [0.15, 0.2) is 0 Å². The molecule has 6 heteroatoms. The molecule has 0 aliphatic heterocycles. The molecule has 1 heterocycles. The summed E-state index contributed by atoms with van der Waals surface area (Å²) in [6.07, 6.45) is -0.305. The van der Waals surface area contributed by atoms with E-state index in [1.807, 2.05) is 0 Å². The molecule has 16 heavy (non-hydrogen) atoms. The Bertz CT molecular complexity index is 478. The zero-order valence-electron chi connectivity index (χ0n) is 8.10.